The molecule has 0 atom stereocenters. The van der Waals surface area contributed by atoms with E-state index in [1.165, 1.54) is 0 Å². The van der Waals surface area contributed by atoms with Crippen LogP contribution in [0.15, 0.2) is 0 Å². The zero-order chi connectivity index (χ0) is 7.28. The molecule has 2 N–H and O–H groups in total. The molecule has 0 aromatic rings. The quantitative estimate of drug-likeness (QED) is 0.434. The Bertz CT molecular complexity index is 109. The maximum absolute atomic E-state index is 9.79. The fourth-order valence-electron chi connectivity index (χ4n) is 0.391. The molecule has 0 rings (SSSR count). The molecule has 0 aromatic carbocycles. The Hall–Kier alpha value is -0.0600. The van der Waals surface area contributed by atoms with E-state index in [0.717, 1.165) is 0 Å². The Morgan fingerprint density at radius 2 is 1.30 bits per heavy atom. The van der Waals surface area contributed by atoms with Crippen molar-refractivity contribution in [3.63, 3.8) is 0 Å². The van der Waals surface area contributed by atoms with Crippen LogP contribution in [0.4, 0.5) is 0 Å². The molecular formula is C5H8NaO4+. The molecule has 4 nitrogen and oxygen atoms in total. The van der Waals surface area contributed by atoms with Gasteiger partial charge in [0.25, 0.3) is 0 Å². The molecule has 0 aliphatic carbocycles. The van der Waals surface area contributed by atoms with Crippen LogP contribution in [-0.2, 0) is 9.59 Å². The van der Waals surface area contributed by atoms with Crippen molar-refractivity contribution in [2.45, 2.75) is 19.3 Å². The molecular weight excluding hydrogens is 147 g/mol. The number of carbonyl (C=O) groups is 2. The molecule has 10 heavy (non-hydrogen) atoms. The summed E-state index contributed by atoms with van der Waals surface area (Å²) >= 11 is 0. The first-order valence-corrected chi connectivity index (χ1v) is 2.56. The number of carboxylic acid groups (broad SMARTS) is 2. The van der Waals surface area contributed by atoms with E-state index >= 15 is 0 Å². The summed E-state index contributed by atoms with van der Waals surface area (Å²) in [6.45, 7) is 0. The number of aliphatic carboxylic acids is 2. The van der Waals surface area contributed by atoms with Gasteiger partial charge in [-0.3, -0.25) is 9.59 Å². The van der Waals surface area contributed by atoms with Gasteiger partial charge in [0.15, 0.2) is 0 Å². The minimum atomic E-state index is -0.948. The van der Waals surface area contributed by atoms with Gasteiger partial charge in [-0.05, 0) is 6.42 Å². The minimum absolute atomic E-state index is 0. The molecule has 0 spiro atoms. The third-order valence-electron chi connectivity index (χ3n) is 0.781. The maximum atomic E-state index is 9.79. The van der Waals surface area contributed by atoms with E-state index in [-0.39, 0.29) is 48.8 Å². The van der Waals surface area contributed by atoms with Crippen LogP contribution in [0.3, 0.4) is 0 Å². The molecule has 0 saturated heterocycles. The summed E-state index contributed by atoms with van der Waals surface area (Å²) in [7, 11) is 0. The first kappa shape index (κ1) is 12.6. The van der Waals surface area contributed by atoms with Gasteiger partial charge in [0.1, 0.15) is 0 Å². The topological polar surface area (TPSA) is 74.6 Å². The van der Waals surface area contributed by atoms with E-state index in [1.807, 2.05) is 0 Å². The van der Waals surface area contributed by atoms with Crippen molar-refractivity contribution in [3.8, 4) is 0 Å². The van der Waals surface area contributed by atoms with Gasteiger partial charge in [-0.1, -0.05) is 0 Å². The molecule has 0 saturated carbocycles. The summed E-state index contributed by atoms with van der Waals surface area (Å²) < 4.78 is 0. The van der Waals surface area contributed by atoms with Crippen molar-refractivity contribution >= 4 is 11.9 Å². The van der Waals surface area contributed by atoms with Gasteiger partial charge < -0.3 is 10.2 Å². The van der Waals surface area contributed by atoms with Gasteiger partial charge in [0, 0.05) is 12.8 Å². The van der Waals surface area contributed by atoms with E-state index in [1.54, 1.807) is 0 Å². The Kier molecular flexibility index (Phi) is 8.89. The Balaban J connectivity index is 0. The van der Waals surface area contributed by atoms with Gasteiger partial charge in [-0.25, -0.2) is 0 Å². The maximum Gasteiger partial charge on any atom is 1.00 e. The van der Waals surface area contributed by atoms with Crippen LogP contribution < -0.4 is 29.6 Å². The van der Waals surface area contributed by atoms with Crippen LogP contribution in [0.5, 0.6) is 0 Å². The van der Waals surface area contributed by atoms with Gasteiger partial charge in [0.2, 0.25) is 0 Å². The zero-order valence-electron chi connectivity index (χ0n) is 5.83. The number of carboxylic acids is 2. The van der Waals surface area contributed by atoms with Crippen LogP contribution in [-0.4, -0.2) is 22.2 Å². The van der Waals surface area contributed by atoms with Gasteiger partial charge in [-0.15, -0.1) is 0 Å². The third-order valence-corrected chi connectivity index (χ3v) is 0.781. The minimum Gasteiger partial charge on any atom is -0.481 e. The van der Waals surface area contributed by atoms with Crippen LogP contribution in [0, 0.1) is 0 Å². The zero-order valence-corrected chi connectivity index (χ0v) is 7.83. The smallest absolute Gasteiger partial charge is 0.481 e. The molecule has 0 amide bonds. The summed E-state index contributed by atoms with van der Waals surface area (Å²) in [6, 6.07) is 0. The monoisotopic (exact) mass is 155 g/mol. The second kappa shape index (κ2) is 7.05. The Labute approximate surface area is 80.5 Å². The first-order chi connectivity index (χ1) is 4.13. The summed E-state index contributed by atoms with van der Waals surface area (Å²) in [4.78, 5) is 19.6. The van der Waals surface area contributed by atoms with Crippen molar-refractivity contribution < 1.29 is 49.4 Å². The second-order valence-electron chi connectivity index (χ2n) is 1.64. The summed E-state index contributed by atoms with van der Waals surface area (Å²) in [5, 5.41) is 16.1. The molecule has 5 heteroatoms. The molecule has 0 bridgehead atoms. The van der Waals surface area contributed by atoms with Gasteiger partial charge >= 0.3 is 41.5 Å². The van der Waals surface area contributed by atoms with Crippen LogP contribution in [0.1, 0.15) is 19.3 Å². The summed E-state index contributed by atoms with van der Waals surface area (Å²) in [5.74, 6) is -1.90. The molecule has 0 unspecified atom stereocenters. The predicted molar refractivity (Wildman–Crippen MR) is 29.1 cm³/mol. The molecule has 0 aliphatic rings. The van der Waals surface area contributed by atoms with Crippen LogP contribution in [0.25, 0.3) is 0 Å². The standard InChI is InChI=1S/C5H8O4.Na/c6-4(7)2-1-3-5(8)9;/h1-3H2,(H,6,7)(H,8,9);/q;+1. The van der Waals surface area contributed by atoms with E-state index < -0.39 is 11.9 Å². The van der Waals surface area contributed by atoms with Crippen molar-refractivity contribution in [1.82, 2.24) is 0 Å². The molecule has 0 aromatic heterocycles. The molecule has 0 fully saturated rings. The van der Waals surface area contributed by atoms with Crippen molar-refractivity contribution in [3.05, 3.63) is 0 Å². The average molecular weight is 155 g/mol. The largest absolute Gasteiger partial charge is 1.00 e. The number of rotatable bonds is 4. The summed E-state index contributed by atoms with van der Waals surface area (Å²) in [5.41, 5.74) is 0. The van der Waals surface area contributed by atoms with Gasteiger partial charge in [-0.2, -0.15) is 0 Å². The fourth-order valence-corrected chi connectivity index (χ4v) is 0.391. The summed E-state index contributed by atoms with van der Waals surface area (Å²) in [6.07, 6.45) is 0.0866. The van der Waals surface area contributed by atoms with Crippen LogP contribution >= 0.6 is 0 Å². The normalized spacial score (nSPS) is 8.00. The molecule has 0 heterocycles. The van der Waals surface area contributed by atoms with E-state index in [2.05, 4.69) is 0 Å². The number of hydrogen-bond donors (Lipinski definition) is 2. The van der Waals surface area contributed by atoms with E-state index in [0.29, 0.717) is 0 Å². The second-order valence-corrected chi connectivity index (χ2v) is 1.64. The SMILES string of the molecule is O=C(O)CCCC(=O)O.[Na+]. The fraction of sp³-hybridized carbons (Fsp3) is 0.600. The van der Waals surface area contributed by atoms with E-state index in [4.69, 9.17) is 10.2 Å². The molecule has 0 radical (unpaired) electrons. The van der Waals surface area contributed by atoms with Crippen molar-refractivity contribution in [1.29, 1.82) is 0 Å². The van der Waals surface area contributed by atoms with Crippen molar-refractivity contribution in [2.75, 3.05) is 0 Å². The van der Waals surface area contributed by atoms with Gasteiger partial charge in [0.05, 0.1) is 0 Å². The van der Waals surface area contributed by atoms with Crippen molar-refractivity contribution in [2.24, 2.45) is 0 Å². The average Bonchev–Trinajstić information content (AvgIpc) is 1.63. The van der Waals surface area contributed by atoms with Crippen LogP contribution in [0.2, 0.25) is 0 Å². The molecule has 0 aliphatic heterocycles. The Morgan fingerprint density at radius 3 is 1.50 bits per heavy atom. The first-order valence-electron chi connectivity index (χ1n) is 2.56. The number of hydrogen-bond acceptors (Lipinski definition) is 2. The predicted octanol–water partition coefficient (Wildman–Crippen LogP) is -2.67. The molecule has 52 valence electrons. The van der Waals surface area contributed by atoms with E-state index in [9.17, 15) is 9.59 Å². The third kappa shape index (κ3) is 10.8. The Morgan fingerprint density at radius 1 is 1.00 bits per heavy atom.